The molecular weight excluding hydrogens is 491 g/mol. The van der Waals surface area contributed by atoms with E-state index in [2.05, 4.69) is 20.1 Å². The summed E-state index contributed by atoms with van der Waals surface area (Å²) in [6.45, 7) is 0. The summed E-state index contributed by atoms with van der Waals surface area (Å²) >= 11 is 0. The van der Waals surface area contributed by atoms with Gasteiger partial charge in [0.05, 0.1) is 11.8 Å². The molecule has 0 fully saturated rings. The van der Waals surface area contributed by atoms with Gasteiger partial charge in [0.2, 0.25) is 0 Å². The van der Waals surface area contributed by atoms with E-state index < -0.39 is 52.4 Å². The van der Waals surface area contributed by atoms with Crippen LogP contribution >= 0.6 is 0 Å². The number of nitrogen functional groups attached to an aromatic ring is 1. The van der Waals surface area contributed by atoms with E-state index in [-0.39, 0.29) is 17.1 Å². The molecule has 15 heteroatoms. The van der Waals surface area contributed by atoms with Crippen LogP contribution in [0, 0.1) is 23.0 Å². The second-order valence-electron chi connectivity index (χ2n) is 6.87. The van der Waals surface area contributed by atoms with E-state index in [0.717, 1.165) is 12.3 Å². The van der Waals surface area contributed by atoms with Gasteiger partial charge in [-0.25, -0.2) is 23.7 Å². The molecule has 0 spiro atoms. The van der Waals surface area contributed by atoms with Crippen LogP contribution in [0.15, 0.2) is 49.1 Å². The summed E-state index contributed by atoms with van der Waals surface area (Å²) in [7, 11) is 0. The fourth-order valence-corrected chi connectivity index (χ4v) is 3.03. The number of rotatable bonds is 5. The molecule has 0 radical (unpaired) electrons. The molecule has 0 aliphatic carbocycles. The van der Waals surface area contributed by atoms with E-state index in [1.807, 2.05) is 5.32 Å². The number of nitrogens with zero attached hydrogens (tertiary/aromatic N) is 6. The summed E-state index contributed by atoms with van der Waals surface area (Å²) in [6, 6.07) is 5.44. The van der Waals surface area contributed by atoms with Gasteiger partial charge in [-0.1, -0.05) is 0 Å². The highest BCUT2D eigenvalue weighted by molar-refractivity contribution is 6.05. The van der Waals surface area contributed by atoms with Crippen LogP contribution < -0.4 is 15.8 Å². The molecule has 1 amide bonds. The Morgan fingerprint density at radius 3 is 2.39 bits per heavy atom. The molecule has 1 aromatic carbocycles. The maximum absolute atomic E-state index is 14.6. The monoisotopic (exact) mass is 502 g/mol. The Morgan fingerprint density at radius 2 is 1.78 bits per heavy atom. The standard InChI is InChI=1S/C21H11F5N8O2/c22-13-6-10(7-14(23)16(13)36-15-2-5-29-18(28)11(15)8-27)33-19(35)12-9-32-34(17(12)21(24,25)26)20-30-3-1-4-31-20/h1-7,9H,(H2,28,29)(H,33,35). The average molecular weight is 502 g/mol. The van der Waals surface area contributed by atoms with E-state index in [4.69, 9.17) is 15.7 Å². The molecule has 36 heavy (non-hydrogen) atoms. The highest BCUT2D eigenvalue weighted by Gasteiger charge is 2.41. The Morgan fingerprint density at radius 1 is 1.11 bits per heavy atom. The molecular formula is C21H11F5N8O2. The lowest BCUT2D eigenvalue weighted by Crippen LogP contribution is -2.21. The van der Waals surface area contributed by atoms with Crippen LogP contribution in [0.2, 0.25) is 0 Å². The first-order valence-electron chi connectivity index (χ1n) is 9.65. The van der Waals surface area contributed by atoms with Crippen LogP contribution in [-0.4, -0.2) is 30.6 Å². The molecule has 3 heterocycles. The number of pyridine rings is 1. The second-order valence-corrected chi connectivity index (χ2v) is 6.87. The lowest BCUT2D eigenvalue weighted by Gasteiger charge is -2.13. The Labute approximate surface area is 197 Å². The van der Waals surface area contributed by atoms with Gasteiger partial charge >= 0.3 is 6.18 Å². The molecule has 0 saturated heterocycles. The zero-order chi connectivity index (χ0) is 26.0. The largest absolute Gasteiger partial charge is 0.450 e. The van der Waals surface area contributed by atoms with Crippen molar-refractivity contribution in [2.24, 2.45) is 0 Å². The molecule has 182 valence electrons. The predicted molar refractivity (Wildman–Crippen MR) is 112 cm³/mol. The number of nitriles is 1. The van der Waals surface area contributed by atoms with Crippen LogP contribution in [-0.2, 0) is 6.18 Å². The first kappa shape index (κ1) is 24.0. The third kappa shape index (κ3) is 4.59. The van der Waals surface area contributed by atoms with E-state index in [0.29, 0.717) is 23.0 Å². The molecule has 4 aromatic rings. The summed E-state index contributed by atoms with van der Waals surface area (Å²) < 4.78 is 75.9. The average Bonchev–Trinajstić information content (AvgIpc) is 3.28. The molecule has 3 aromatic heterocycles. The van der Waals surface area contributed by atoms with Crippen LogP contribution in [0.1, 0.15) is 21.6 Å². The van der Waals surface area contributed by atoms with Crippen molar-refractivity contribution in [3.63, 3.8) is 0 Å². The van der Waals surface area contributed by atoms with Gasteiger partial charge in [-0.05, 0) is 6.07 Å². The maximum atomic E-state index is 14.6. The third-order valence-corrected chi connectivity index (χ3v) is 4.55. The van der Waals surface area contributed by atoms with Gasteiger partial charge in [0.1, 0.15) is 17.5 Å². The molecule has 10 nitrogen and oxygen atoms in total. The number of carbonyl (C=O) groups excluding carboxylic acids is 1. The third-order valence-electron chi connectivity index (χ3n) is 4.55. The molecule has 0 unspecified atom stereocenters. The lowest BCUT2D eigenvalue weighted by molar-refractivity contribution is -0.143. The zero-order valence-electron chi connectivity index (χ0n) is 17.6. The van der Waals surface area contributed by atoms with Crippen molar-refractivity contribution in [3.8, 4) is 23.5 Å². The second kappa shape index (κ2) is 9.25. The van der Waals surface area contributed by atoms with Crippen LogP contribution in [0.25, 0.3) is 5.95 Å². The van der Waals surface area contributed by atoms with Gasteiger partial charge in [-0.2, -0.15) is 28.2 Å². The van der Waals surface area contributed by atoms with Crippen molar-refractivity contribution < 1.29 is 31.5 Å². The minimum Gasteiger partial charge on any atom is -0.450 e. The number of alkyl halides is 3. The molecule has 0 atom stereocenters. The van der Waals surface area contributed by atoms with E-state index >= 15 is 0 Å². The number of aromatic nitrogens is 5. The minimum absolute atomic E-state index is 0.235. The molecule has 0 saturated carbocycles. The fraction of sp³-hybridized carbons (Fsp3) is 0.0476. The highest BCUT2D eigenvalue weighted by atomic mass is 19.4. The normalized spacial score (nSPS) is 11.1. The number of benzene rings is 1. The summed E-state index contributed by atoms with van der Waals surface area (Å²) in [5.74, 6) is -5.92. The quantitative estimate of drug-likeness (QED) is 0.392. The van der Waals surface area contributed by atoms with Gasteiger partial charge < -0.3 is 15.8 Å². The number of amides is 1. The van der Waals surface area contributed by atoms with Crippen molar-refractivity contribution in [3.05, 3.63) is 77.5 Å². The number of anilines is 2. The Balaban J connectivity index is 1.64. The van der Waals surface area contributed by atoms with Gasteiger partial charge in [0.15, 0.2) is 28.8 Å². The molecule has 4 rings (SSSR count). The number of hydrogen-bond donors (Lipinski definition) is 2. The van der Waals surface area contributed by atoms with Crippen molar-refractivity contribution in [2.45, 2.75) is 6.18 Å². The molecule has 0 aliphatic heterocycles. The van der Waals surface area contributed by atoms with Crippen LogP contribution in [0.3, 0.4) is 0 Å². The topological polar surface area (TPSA) is 145 Å². The Bertz CT molecular complexity index is 1480. The van der Waals surface area contributed by atoms with Crippen molar-refractivity contribution >= 4 is 17.4 Å². The summed E-state index contributed by atoms with van der Waals surface area (Å²) in [5.41, 5.74) is 2.31. The number of nitrogens with one attached hydrogen (secondary N) is 1. The van der Waals surface area contributed by atoms with Crippen molar-refractivity contribution in [1.82, 2.24) is 24.7 Å². The van der Waals surface area contributed by atoms with Crippen molar-refractivity contribution in [1.29, 1.82) is 5.26 Å². The first-order chi connectivity index (χ1) is 17.1. The van der Waals surface area contributed by atoms with Gasteiger partial charge in [-0.15, -0.1) is 0 Å². The fourth-order valence-electron chi connectivity index (χ4n) is 3.03. The van der Waals surface area contributed by atoms with Crippen LogP contribution in [0.4, 0.5) is 33.5 Å². The lowest BCUT2D eigenvalue weighted by atomic mass is 10.2. The number of ether oxygens (including phenoxy) is 1. The zero-order valence-corrected chi connectivity index (χ0v) is 17.6. The van der Waals surface area contributed by atoms with E-state index in [1.165, 1.54) is 18.5 Å². The summed E-state index contributed by atoms with van der Waals surface area (Å²) in [6.07, 6.45) is -0.926. The summed E-state index contributed by atoms with van der Waals surface area (Å²) in [5, 5.41) is 14.7. The Kier molecular flexibility index (Phi) is 6.17. The highest BCUT2D eigenvalue weighted by Crippen LogP contribution is 2.35. The number of halogens is 5. The minimum atomic E-state index is -5.05. The molecule has 0 aliphatic rings. The number of hydrogen-bond acceptors (Lipinski definition) is 8. The van der Waals surface area contributed by atoms with Crippen LogP contribution in [0.5, 0.6) is 11.5 Å². The van der Waals surface area contributed by atoms with Crippen molar-refractivity contribution in [2.75, 3.05) is 11.1 Å². The van der Waals surface area contributed by atoms with E-state index in [9.17, 15) is 26.7 Å². The van der Waals surface area contributed by atoms with Gasteiger partial charge in [-0.3, -0.25) is 4.79 Å². The van der Waals surface area contributed by atoms with Gasteiger partial charge in [0.25, 0.3) is 11.9 Å². The van der Waals surface area contributed by atoms with E-state index in [1.54, 1.807) is 6.07 Å². The maximum Gasteiger partial charge on any atom is 0.434 e. The smallest absolute Gasteiger partial charge is 0.434 e. The van der Waals surface area contributed by atoms with Gasteiger partial charge in [0, 0.05) is 42.5 Å². The molecule has 3 N–H and O–H groups in total. The number of carbonyl (C=O) groups is 1. The number of nitrogens with two attached hydrogens (primary N) is 1. The summed E-state index contributed by atoms with van der Waals surface area (Å²) in [4.78, 5) is 23.6. The molecule has 0 bridgehead atoms. The predicted octanol–water partition coefficient (Wildman–Crippen LogP) is 3.85. The first-order valence-corrected chi connectivity index (χ1v) is 9.65. The SMILES string of the molecule is N#Cc1c(Oc2c(F)cc(NC(=O)c3cnn(-c4ncccn4)c3C(F)(F)F)cc2F)ccnc1N. The Hall–Kier alpha value is -5.13.